The fourth-order valence-electron chi connectivity index (χ4n) is 4.13. The summed E-state index contributed by atoms with van der Waals surface area (Å²) >= 11 is 0. The average molecular weight is 441 g/mol. The lowest BCUT2D eigenvalue weighted by Crippen LogP contribution is -2.49. The highest BCUT2D eigenvalue weighted by molar-refractivity contribution is 5.91. The summed E-state index contributed by atoms with van der Waals surface area (Å²) in [6.45, 7) is 10.9. The minimum Gasteiger partial charge on any atom is -0.378 e. The maximum atomic E-state index is 12.8. The third-order valence-electron chi connectivity index (χ3n) is 6.36. The van der Waals surface area contributed by atoms with Crippen LogP contribution in [-0.4, -0.2) is 91.0 Å². The molecular weight excluding hydrogens is 408 g/mol. The van der Waals surface area contributed by atoms with Gasteiger partial charge in [-0.05, 0) is 30.2 Å². The van der Waals surface area contributed by atoms with E-state index in [0.29, 0.717) is 18.8 Å². The van der Waals surface area contributed by atoms with Crippen molar-refractivity contribution < 1.29 is 14.3 Å². The molecule has 0 N–H and O–H groups in total. The van der Waals surface area contributed by atoms with E-state index in [1.54, 1.807) is 19.4 Å². The molecule has 2 amide bonds. The summed E-state index contributed by atoms with van der Waals surface area (Å²) in [6.07, 6.45) is 3.15. The highest BCUT2D eigenvalue weighted by Gasteiger charge is 2.24. The maximum absolute atomic E-state index is 12.8. The number of aromatic nitrogens is 2. The first-order valence-electron chi connectivity index (χ1n) is 11.1. The molecule has 2 aliphatic rings. The lowest BCUT2D eigenvalue weighted by atomic mass is 10.1. The predicted molar refractivity (Wildman–Crippen MR) is 123 cm³/mol. The molecule has 9 nitrogen and oxygen atoms in total. The Morgan fingerprint density at radius 1 is 1.09 bits per heavy atom. The van der Waals surface area contributed by atoms with E-state index in [4.69, 9.17) is 4.74 Å². The molecule has 0 spiro atoms. The molecule has 2 aromatic rings. The highest BCUT2D eigenvalue weighted by atomic mass is 16.5. The third kappa shape index (κ3) is 4.94. The molecule has 2 saturated heterocycles. The molecule has 2 fully saturated rings. The number of piperazine rings is 1. The van der Waals surface area contributed by atoms with Crippen LogP contribution in [-0.2, 0) is 16.1 Å². The Balaban J connectivity index is 1.31. The Morgan fingerprint density at radius 3 is 2.47 bits per heavy atom. The first-order chi connectivity index (χ1) is 15.4. The van der Waals surface area contributed by atoms with Gasteiger partial charge in [-0.25, -0.2) is 4.79 Å². The molecule has 172 valence electrons. The lowest BCUT2D eigenvalue weighted by Gasteiger charge is -2.35. The van der Waals surface area contributed by atoms with Gasteiger partial charge in [-0.1, -0.05) is 6.07 Å². The number of carbonyl (C=O) groups is 2. The van der Waals surface area contributed by atoms with Crippen LogP contribution in [0.1, 0.15) is 18.1 Å². The summed E-state index contributed by atoms with van der Waals surface area (Å²) in [5.74, 6) is -0.0983. The standard InChI is InChI=1S/C23H32N6O3/c1-18-14-21(27-10-12-32-13-11-27)5-4-20(18)16-26-6-8-28(9-7-26)23(31)29-17-22(15-24-29)25(3)19(2)30/h4-5,14-15,17H,6-13,16H2,1-3H3. The van der Waals surface area contributed by atoms with Crippen LogP contribution in [0.15, 0.2) is 30.6 Å². The second kappa shape index (κ2) is 9.70. The monoisotopic (exact) mass is 440 g/mol. The van der Waals surface area contributed by atoms with Gasteiger partial charge in [-0.15, -0.1) is 0 Å². The van der Waals surface area contributed by atoms with Gasteiger partial charge in [-0.3, -0.25) is 9.69 Å². The summed E-state index contributed by atoms with van der Waals surface area (Å²) in [7, 11) is 1.67. The van der Waals surface area contributed by atoms with E-state index in [1.807, 2.05) is 4.90 Å². The average Bonchev–Trinajstić information content (AvgIpc) is 3.30. The van der Waals surface area contributed by atoms with Crippen molar-refractivity contribution in [3.63, 3.8) is 0 Å². The van der Waals surface area contributed by atoms with Crippen molar-refractivity contribution in [1.82, 2.24) is 19.6 Å². The van der Waals surface area contributed by atoms with Crippen LogP contribution in [0.5, 0.6) is 0 Å². The van der Waals surface area contributed by atoms with E-state index in [9.17, 15) is 9.59 Å². The molecule has 0 radical (unpaired) electrons. The number of rotatable bonds is 4. The van der Waals surface area contributed by atoms with E-state index >= 15 is 0 Å². The topological polar surface area (TPSA) is 74.2 Å². The Kier molecular flexibility index (Phi) is 6.76. The fourth-order valence-corrected chi connectivity index (χ4v) is 4.13. The highest BCUT2D eigenvalue weighted by Crippen LogP contribution is 2.22. The molecule has 9 heteroatoms. The second-order valence-electron chi connectivity index (χ2n) is 8.48. The number of hydrogen-bond acceptors (Lipinski definition) is 6. The van der Waals surface area contributed by atoms with E-state index in [0.717, 1.165) is 45.9 Å². The Morgan fingerprint density at radius 2 is 1.81 bits per heavy atom. The van der Waals surface area contributed by atoms with E-state index in [-0.39, 0.29) is 11.9 Å². The van der Waals surface area contributed by atoms with Gasteiger partial charge in [0.15, 0.2) is 0 Å². The number of nitrogens with zero attached hydrogens (tertiary/aromatic N) is 6. The first-order valence-corrected chi connectivity index (χ1v) is 11.1. The third-order valence-corrected chi connectivity index (χ3v) is 6.36. The predicted octanol–water partition coefficient (Wildman–Crippen LogP) is 1.80. The zero-order valence-electron chi connectivity index (χ0n) is 19.2. The minimum atomic E-state index is -0.154. The Hall–Kier alpha value is -2.91. The van der Waals surface area contributed by atoms with Crippen molar-refractivity contribution in [3.8, 4) is 0 Å². The molecule has 0 unspecified atom stereocenters. The Bertz CT molecular complexity index is 960. The van der Waals surface area contributed by atoms with Crippen LogP contribution >= 0.6 is 0 Å². The number of carbonyl (C=O) groups excluding carboxylic acids is 2. The summed E-state index contributed by atoms with van der Waals surface area (Å²) in [6, 6.07) is 6.56. The number of amides is 2. The second-order valence-corrected chi connectivity index (χ2v) is 8.48. The van der Waals surface area contributed by atoms with Gasteiger partial charge in [0.1, 0.15) is 0 Å². The van der Waals surface area contributed by atoms with Gasteiger partial charge in [0.25, 0.3) is 0 Å². The van der Waals surface area contributed by atoms with Crippen molar-refractivity contribution in [2.24, 2.45) is 0 Å². The van der Waals surface area contributed by atoms with Crippen LogP contribution in [0.4, 0.5) is 16.2 Å². The summed E-state index contributed by atoms with van der Waals surface area (Å²) in [5, 5.41) is 4.15. The Labute approximate surface area is 189 Å². The molecule has 4 rings (SSSR count). The molecule has 1 aromatic heterocycles. The zero-order chi connectivity index (χ0) is 22.7. The molecule has 0 aliphatic carbocycles. The smallest absolute Gasteiger partial charge is 0.344 e. The van der Waals surface area contributed by atoms with E-state index < -0.39 is 0 Å². The van der Waals surface area contributed by atoms with Crippen LogP contribution in [0.2, 0.25) is 0 Å². The number of hydrogen-bond donors (Lipinski definition) is 0. The van der Waals surface area contributed by atoms with Gasteiger partial charge in [0.05, 0.1) is 31.3 Å². The number of ether oxygens (including phenoxy) is 1. The summed E-state index contributed by atoms with van der Waals surface area (Å²) in [5.41, 5.74) is 4.50. The van der Waals surface area contributed by atoms with E-state index in [1.165, 1.54) is 33.3 Å². The molecule has 0 saturated carbocycles. The molecular formula is C23H32N6O3. The normalized spacial score (nSPS) is 17.5. The van der Waals surface area contributed by atoms with Crippen molar-refractivity contribution in [2.75, 3.05) is 69.3 Å². The molecule has 32 heavy (non-hydrogen) atoms. The van der Waals surface area contributed by atoms with E-state index in [2.05, 4.69) is 40.0 Å². The number of anilines is 2. The first kappa shape index (κ1) is 22.3. The summed E-state index contributed by atoms with van der Waals surface area (Å²) < 4.78 is 6.77. The quantitative estimate of drug-likeness (QED) is 0.722. The van der Waals surface area contributed by atoms with Crippen LogP contribution in [0.3, 0.4) is 0 Å². The number of aryl methyl sites for hydroxylation is 1. The van der Waals surface area contributed by atoms with Gasteiger partial charge in [0.2, 0.25) is 5.91 Å². The SMILES string of the molecule is CC(=O)N(C)c1cnn(C(=O)N2CCN(Cc3ccc(N4CCOCC4)cc3C)CC2)c1. The minimum absolute atomic E-state index is 0.0983. The largest absolute Gasteiger partial charge is 0.378 e. The van der Waals surface area contributed by atoms with Crippen LogP contribution in [0.25, 0.3) is 0 Å². The maximum Gasteiger partial charge on any atom is 0.344 e. The molecule has 0 atom stereocenters. The van der Waals surface area contributed by atoms with Gasteiger partial charge in [-0.2, -0.15) is 9.78 Å². The van der Waals surface area contributed by atoms with Crippen LogP contribution < -0.4 is 9.80 Å². The zero-order valence-corrected chi connectivity index (χ0v) is 19.2. The number of benzene rings is 1. The fraction of sp³-hybridized carbons (Fsp3) is 0.522. The molecule has 2 aliphatic heterocycles. The molecule has 1 aromatic carbocycles. The van der Waals surface area contributed by atoms with Crippen molar-refractivity contribution in [2.45, 2.75) is 20.4 Å². The lowest BCUT2D eigenvalue weighted by molar-refractivity contribution is -0.116. The van der Waals surface area contributed by atoms with Gasteiger partial charge in [0, 0.05) is 65.5 Å². The molecule has 3 heterocycles. The molecule has 0 bridgehead atoms. The van der Waals surface area contributed by atoms with Gasteiger partial charge < -0.3 is 19.4 Å². The summed E-state index contributed by atoms with van der Waals surface area (Å²) in [4.78, 5) is 32.4. The van der Waals surface area contributed by atoms with Crippen molar-refractivity contribution in [1.29, 1.82) is 0 Å². The van der Waals surface area contributed by atoms with Crippen molar-refractivity contribution >= 4 is 23.3 Å². The van der Waals surface area contributed by atoms with Gasteiger partial charge >= 0.3 is 6.03 Å². The van der Waals surface area contributed by atoms with Crippen LogP contribution in [0, 0.1) is 6.92 Å². The number of morpholine rings is 1. The van der Waals surface area contributed by atoms with Crippen molar-refractivity contribution in [3.05, 3.63) is 41.7 Å².